The van der Waals surface area contributed by atoms with Crippen LogP contribution >= 0.6 is 0 Å². The Kier molecular flexibility index (Phi) is 6.21. The predicted octanol–water partition coefficient (Wildman–Crippen LogP) is 7.07. The van der Waals surface area contributed by atoms with Crippen LogP contribution in [0.1, 0.15) is 63.3 Å². The molecule has 6 rings (SSSR count). The van der Waals surface area contributed by atoms with Gasteiger partial charge in [-0.2, -0.15) is 0 Å². The molecule has 196 valence electrons. The molecule has 1 aliphatic heterocycles. The zero-order valence-electron chi connectivity index (χ0n) is 23.9. The zero-order valence-corrected chi connectivity index (χ0v) is 23.9. The highest BCUT2D eigenvalue weighted by atomic mass is 16.3. The standard InChI is InChI=1S/C33H36BN4O/c1-21(2)27-19-25(24-12-9-8-10-13-24)20-28(22(3)4)31(27)37-17-16-36(7)33(37)38-23(5)18-29-30(34(38)6)26-14-11-15-35-32(26)39-29/h8-22H,1-7H3/q+1. The highest BCUT2D eigenvalue weighted by Gasteiger charge is 2.41. The largest absolute Gasteiger partial charge is 0.439 e. The molecular weight excluding hydrogens is 479 g/mol. The van der Waals surface area contributed by atoms with Gasteiger partial charge in [-0.05, 0) is 72.1 Å². The number of aryl methyl sites for hydroxylation is 1. The topological polar surface area (TPSA) is 38.1 Å². The van der Waals surface area contributed by atoms with E-state index in [1.807, 2.05) is 6.07 Å². The van der Waals surface area contributed by atoms with Gasteiger partial charge in [0.15, 0.2) is 0 Å². The van der Waals surface area contributed by atoms with Crippen LogP contribution in [0.3, 0.4) is 0 Å². The monoisotopic (exact) mass is 515 g/mol. The van der Waals surface area contributed by atoms with E-state index in [0.29, 0.717) is 17.5 Å². The number of anilines is 1. The van der Waals surface area contributed by atoms with Crippen LogP contribution < -0.4 is 14.8 Å². The summed E-state index contributed by atoms with van der Waals surface area (Å²) in [6.07, 6.45) is 8.33. The number of benzene rings is 2. The molecule has 2 aromatic carbocycles. The van der Waals surface area contributed by atoms with Gasteiger partial charge in [-0.25, -0.2) is 14.1 Å². The van der Waals surface area contributed by atoms with Gasteiger partial charge in [-0.3, -0.25) is 4.81 Å². The minimum atomic E-state index is 0.0730. The number of hydrogen-bond donors (Lipinski definition) is 0. The van der Waals surface area contributed by atoms with Crippen molar-refractivity contribution < 1.29 is 8.98 Å². The van der Waals surface area contributed by atoms with Gasteiger partial charge >= 0.3 is 12.8 Å². The van der Waals surface area contributed by atoms with Crippen LogP contribution in [0.2, 0.25) is 6.82 Å². The summed E-state index contributed by atoms with van der Waals surface area (Å²) in [5.41, 5.74) is 9.52. The van der Waals surface area contributed by atoms with Crippen LogP contribution in [0.5, 0.6) is 0 Å². The lowest BCUT2D eigenvalue weighted by Gasteiger charge is -2.29. The first-order chi connectivity index (χ1) is 18.8. The molecule has 6 heteroatoms. The molecule has 0 fully saturated rings. The second-order valence-corrected chi connectivity index (χ2v) is 11.3. The van der Waals surface area contributed by atoms with Crippen molar-refractivity contribution in [3.05, 3.63) is 95.8 Å². The molecule has 0 saturated heterocycles. The van der Waals surface area contributed by atoms with E-state index >= 15 is 0 Å². The quantitative estimate of drug-likeness (QED) is 0.186. The molecule has 0 aliphatic carbocycles. The van der Waals surface area contributed by atoms with Crippen LogP contribution in [0.15, 0.2) is 83.3 Å². The predicted molar refractivity (Wildman–Crippen MR) is 162 cm³/mol. The Hall–Kier alpha value is -4.06. The summed E-state index contributed by atoms with van der Waals surface area (Å²) in [6.45, 7) is 13.7. The minimum Gasteiger partial charge on any atom is -0.439 e. The maximum Gasteiger partial charge on any atom is 0.378 e. The third-order valence-corrected chi connectivity index (χ3v) is 8.01. The molecule has 3 aromatic heterocycles. The van der Waals surface area contributed by atoms with Gasteiger partial charge in [0.05, 0.1) is 18.9 Å². The summed E-state index contributed by atoms with van der Waals surface area (Å²) in [4.78, 5) is 6.92. The molecule has 0 spiro atoms. The van der Waals surface area contributed by atoms with Gasteiger partial charge in [-0.1, -0.05) is 58.0 Å². The second-order valence-electron chi connectivity index (χ2n) is 11.3. The van der Waals surface area contributed by atoms with Crippen LogP contribution in [0.4, 0.5) is 5.95 Å². The molecule has 39 heavy (non-hydrogen) atoms. The highest BCUT2D eigenvalue weighted by Crippen LogP contribution is 2.38. The number of nitrogens with zero attached hydrogens (tertiary/aromatic N) is 4. The van der Waals surface area contributed by atoms with E-state index < -0.39 is 0 Å². The lowest BCUT2D eigenvalue weighted by molar-refractivity contribution is -0.657. The Labute approximate surface area is 231 Å². The highest BCUT2D eigenvalue weighted by molar-refractivity contribution is 6.79. The first-order valence-corrected chi connectivity index (χ1v) is 13.9. The molecule has 5 aromatic rings. The Morgan fingerprint density at radius 1 is 0.923 bits per heavy atom. The van der Waals surface area contributed by atoms with E-state index in [9.17, 15) is 0 Å². The zero-order chi connectivity index (χ0) is 27.4. The molecule has 0 bridgehead atoms. The molecule has 0 atom stereocenters. The lowest BCUT2D eigenvalue weighted by atomic mass is 9.54. The molecule has 4 heterocycles. The Bertz CT molecular complexity index is 1680. The number of rotatable bonds is 5. The van der Waals surface area contributed by atoms with E-state index in [-0.39, 0.29) is 6.85 Å². The fourth-order valence-corrected chi connectivity index (χ4v) is 6.10. The third kappa shape index (κ3) is 4.10. The number of aromatic nitrogens is 3. The summed E-state index contributed by atoms with van der Waals surface area (Å²) in [7, 11) is 2.14. The van der Waals surface area contributed by atoms with E-state index in [2.05, 4.69) is 134 Å². The average molecular weight is 515 g/mol. The van der Waals surface area contributed by atoms with Gasteiger partial charge < -0.3 is 4.42 Å². The van der Waals surface area contributed by atoms with Crippen LogP contribution in [-0.2, 0) is 7.05 Å². The Morgan fingerprint density at radius 2 is 1.62 bits per heavy atom. The number of fused-ring (bicyclic) bond motifs is 3. The fraction of sp³-hybridized carbons (Fsp3) is 0.273. The molecule has 5 nitrogen and oxygen atoms in total. The van der Waals surface area contributed by atoms with E-state index in [1.54, 1.807) is 6.20 Å². The van der Waals surface area contributed by atoms with Crippen molar-refractivity contribution >= 4 is 35.4 Å². The number of allylic oxidation sites excluding steroid dienone is 1. The van der Waals surface area contributed by atoms with Crippen molar-refractivity contribution in [3.63, 3.8) is 0 Å². The van der Waals surface area contributed by atoms with Crippen LogP contribution in [0.25, 0.3) is 34.0 Å². The summed E-state index contributed by atoms with van der Waals surface area (Å²) in [6, 6.07) is 19.6. The van der Waals surface area contributed by atoms with Crippen molar-refractivity contribution in [1.29, 1.82) is 0 Å². The molecule has 0 radical (unpaired) electrons. The molecule has 0 saturated carbocycles. The summed E-state index contributed by atoms with van der Waals surface area (Å²) in [5.74, 6) is 2.74. The molecule has 0 N–H and O–H groups in total. The summed E-state index contributed by atoms with van der Waals surface area (Å²) >= 11 is 0. The van der Waals surface area contributed by atoms with E-state index in [4.69, 9.17) is 4.42 Å². The normalized spacial score (nSPS) is 13.5. The van der Waals surface area contributed by atoms with E-state index in [0.717, 1.165) is 22.8 Å². The maximum absolute atomic E-state index is 6.17. The summed E-state index contributed by atoms with van der Waals surface area (Å²) in [5, 5.41) is 1.08. The Morgan fingerprint density at radius 3 is 2.28 bits per heavy atom. The first-order valence-electron chi connectivity index (χ1n) is 13.9. The molecule has 0 unspecified atom stereocenters. The van der Waals surface area contributed by atoms with Crippen LogP contribution in [0, 0.1) is 0 Å². The molecule has 0 amide bonds. The smallest absolute Gasteiger partial charge is 0.378 e. The Balaban J connectivity index is 1.57. The van der Waals surface area contributed by atoms with Gasteiger partial charge in [-0.15, -0.1) is 0 Å². The van der Waals surface area contributed by atoms with Crippen molar-refractivity contribution in [2.75, 3.05) is 4.81 Å². The maximum atomic E-state index is 6.17. The molecular formula is C33H36BN4O+. The van der Waals surface area contributed by atoms with Crippen molar-refractivity contribution in [3.8, 4) is 16.8 Å². The van der Waals surface area contributed by atoms with Gasteiger partial charge in [0.25, 0.3) is 0 Å². The first kappa shape index (κ1) is 25.2. The molecule has 1 aliphatic rings. The van der Waals surface area contributed by atoms with Gasteiger partial charge in [0.2, 0.25) is 5.71 Å². The average Bonchev–Trinajstić information content (AvgIpc) is 3.48. The lowest BCUT2D eigenvalue weighted by Crippen LogP contribution is -2.53. The van der Waals surface area contributed by atoms with Crippen molar-refractivity contribution in [1.82, 2.24) is 9.55 Å². The number of imidazole rings is 1. The third-order valence-electron chi connectivity index (χ3n) is 8.01. The number of furan rings is 1. The van der Waals surface area contributed by atoms with Gasteiger partial charge in [0.1, 0.15) is 17.6 Å². The second kappa shape index (κ2) is 9.60. The van der Waals surface area contributed by atoms with Gasteiger partial charge in [0, 0.05) is 23.1 Å². The number of pyridine rings is 1. The van der Waals surface area contributed by atoms with Crippen LogP contribution in [-0.4, -0.2) is 16.4 Å². The summed E-state index contributed by atoms with van der Waals surface area (Å²) < 4.78 is 10.8. The fourth-order valence-electron chi connectivity index (χ4n) is 6.10. The number of hydrogen-bond acceptors (Lipinski definition) is 3. The van der Waals surface area contributed by atoms with Crippen molar-refractivity contribution in [2.45, 2.75) is 53.3 Å². The SMILES string of the molecule is CB1c2c(oc3ncccc23)C=C(C)N1c1n(-c2c(C(C)C)cc(-c3ccccc3)cc2C(C)C)cc[n+]1C. The van der Waals surface area contributed by atoms with Crippen molar-refractivity contribution in [2.24, 2.45) is 7.05 Å². The minimum absolute atomic E-state index is 0.0730. The van der Waals surface area contributed by atoms with E-state index in [1.165, 1.54) is 33.4 Å².